The normalized spacial score (nSPS) is 11.7. The molecule has 100 valence electrons. The van der Waals surface area contributed by atoms with E-state index >= 15 is 0 Å². The summed E-state index contributed by atoms with van der Waals surface area (Å²) >= 11 is 0. The van der Waals surface area contributed by atoms with Gasteiger partial charge >= 0.3 is 0 Å². The van der Waals surface area contributed by atoms with Crippen LogP contribution in [0.5, 0.6) is 0 Å². The molecule has 1 aromatic rings. The fraction of sp³-hybridized carbons (Fsp3) is 0.562. The number of amides is 1. The second kappa shape index (κ2) is 6.03. The molecule has 0 aliphatic carbocycles. The van der Waals surface area contributed by atoms with E-state index in [1.54, 1.807) is 0 Å². The standard InChI is InChI=1S/C16H25NO/c1-13(2)11-15(18)17(16(3,4)5)12-14-9-7-6-8-10-14/h6-10,13H,11-12H2,1-5H3. The van der Waals surface area contributed by atoms with Crippen LogP contribution in [-0.2, 0) is 11.3 Å². The molecule has 0 aliphatic heterocycles. The SMILES string of the molecule is CC(C)CC(=O)N(Cc1ccccc1)C(C)(C)C. The summed E-state index contributed by atoms with van der Waals surface area (Å²) in [7, 11) is 0. The first-order valence-electron chi connectivity index (χ1n) is 6.65. The molecule has 0 aliphatic rings. The summed E-state index contributed by atoms with van der Waals surface area (Å²) < 4.78 is 0. The van der Waals surface area contributed by atoms with Gasteiger partial charge in [-0.15, -0.1) is 0 Å². The quantitative estimate of drug-likeness (QED) is 0.791. The number of carbonyl (C=O) groups excluding carboxylic acids is 1. The van der Waals surface area contributed by atoms with Crippen LogP contribution in [0.2, 0.25) is 0 Å². The molecule has 0 heterocycles. The number of nitrogens with zero attached hydrogens (tertiary/aromatic N) is 1. The topological polar surface area (TPSA) is 20.3 Å². The predicted octanol–water partition coefficient (Wildman–Crippen LogP) is 3.86. The van der Waals surface area contributed by atoms with E-state index in [9.17, 15) is 4.79 Å². The van der Waals surface area contributed by atoms with E-state index < -0.39 is 0 Å². The van der Waals surface area contributed by atoms with Gasteiger partial charge in [0, 0.05) is 18.5 Å². The fourth-order valence-electron chi connectivity index (χ4n) is 1.92. The lowest BCUT2D eigenvalue weighted by atomic mass is 10.0. The molecule has 1 aromatic carbocycles. The van der Waals surface area contributed by atoms with Crippen molar-refractivity contribution in [2.24, 2.45) is 5.92 Å². The van der Waals surface area contributed by atoms with Crippen molar-refractivity contribution in [3.63, 3.8) is 0 Å². The van der Waals surface area contributed by atoms with E-state index in [-0.39, 0.29) is 11.4 Å². The van der Waals surface area contributed by atoms with Gasteiger partial charge in [0.15, 0.2) is 0 Å². The second-order valence-electron chi connectivity index (χ2n) is 6.23. The van der Waals surface area contributed by atoms with Gasteiger partial charge < -0.3 is 4.90 Å². The van der Waals surface area contributed by atoms with E-state index in [4.69, 9.17) is 0 Å². The summed E-state index contributed by atoms with van der Waals surface area (Å²) in [5.41, 5.74) is 1.05. The Morgan fingerprint density at radius 1 is 1.17 bits per heavy atom. The lowest BCUT2D eigenvalue weighted by Crippen LogP contribution is -2.45. The molecule has 2 nitrogen and oxygen atoms in total. The zero-order valence-electron chi connectivity index (χ0n) is 12.2. The minimum Gasteiger partial charge on any atom is -0.334 e. The Kier molecular flexibility index (Phi) is 4.94. The average Bonchev–Trinajstić information content (AvgIpc) is 2.24. The second-order valence-corrected chi connectivity index (χ2v) is 6.23. The molecule has 0 spiro atoms. The van der Waals surface area contributed by atoms with Crippen LogP contribution in [0, 0.1) is 5.92 Å². The third-order valence-corrected chi connectivity index (χ3v) is 2.88. The van der Waals surface area contributed by atoms with Crippen molar-refractivity contribution in [3.05, 3.63) is 35.9 Å². The number of hydrogen-bond donors (Lipinski definition) is 0. The fourth-order valence-corrected chi connectivity index (χ4v) is 1.92. The van der Waals surface area contributed by atoms with Crippen LogP contribution in [0.25, 0.3) is 0 Å². The van der Waals surface area contributed by atoms with Crippen LogP contribution in [0.1, 0.15) is 46.6 Å². The number of benzene rings is 1. The van der Waals surface area contributed by atoms with Crippen LogP contribution in [0.4, 0.5) is 0 Å². The van der Waals surface area contributed by atoms with E-state index in [2.05, 4.69) is 46.8 Å². The van der Waals surface area contributed by atoms with Gasteiger partial charge in [-0.1, -0.05) is 44.2 Å². The van der Waals surface area contributed by atoms with Crippen molar-refractivity contribution in [2.75, 3.05) is 0 Å². The average molecular weight is 247 g/mol. The molecule has 0 fully saturated rings. The van der Waals surface area contributed by atoms with Crippen molar-refractivity contribution in [2.45, 2.75) is 53.1 Å². The third-order valence-electron chi connectivity index (χ3n) is 2.88. The maximum Gasteiger partial charge on any atom is 0.223 e. The highest BCUT2D eigenvalue weighted by Crippen LogP contribution is 2.20. The predicted molar refractivity (Wildman–Crippen MR) is 76.2 cm³/mol. The maximum absolute atomic E-state index is 12.3. The van der Waals surface area contributed by atoms with E-state index in [1.807, 2.05) is 23.1 Å². The Morgan fingerprint density at radius 2 is 1.72 bits per heavy atom. The van der Waals surface area contributed by atoms with Crippen molar-refractivity contribution >= 4 is 5.91 Å². The Bertz CT molecular complexity index is 376. The zero-order valence-corrected chi connectivity index (χ0v) is 12.2. The number of carbonyl (C=O) groups is 1. The monoisotopic (exact) mass is 247 g/mol. The van der Waals surface area contributed by atoms with E-state index in [0.717, 1.165) is 0 Å². The molecule has 0 N–H and O–H groups in total. The van der Waals surface area contributed by atoms with Gasteiger partial charge in [-0.2, -0.15) is 0 Å². The van der Waals surface area contributed by atoms with Crippen molar-refractivity contribution in [1.82, 2.24) is 4.90 Å². The summed E-state index contributed by atoms with van der Waals surface area (Å²) in [6.45, 7) is 11.1. The van der Waals surface area contributed by atoms with Gasteiger partial charge in [0.1, 0.15) is 0 Å². The molecule has 1 amide bonds. The van der Waals surface area contributed by atoms with E-state index in [1.165, 1.54) is 5.56 Å². The molecule has 1 rings (SSSR count). The first-order valence-corrected chi connectivity index (χ1v) is 6.65. The zero-order chi connectivity index (χ0) is 13.8. The minimum atomic E-state index is -0.137. The largest absolute Gasteiger partial charge is 0.334 e. The van der Waals surface area contributed by atoms with Gasteiger partial charge in [-0.05, 0) is 32.3 Å². The molecule has 0 atom stereocenters. The smallest absolute Gasteiger partial charge is 0.223 e. The Labute approximate surface area is 111 Å². The molecule has 0 radical (unpaired) electrons. The van der Waals surface area contributed by atoms with Crippen LogP contribution in [-0.4, -0.2) is 16.3 Å². The third kappa shape index (κ3) is 4.52. The first-order chi connectivity index (χ1) is 8.30. The molecular formula is C16H25NO. The van der Waals surface area contributed by atoms with Gasteiger partial charge in [0.05, 0.1) is 0 Å². The molecule has 0 saturated heterocycles. The molecule has 0 aromatic heterocycles. The summed E-state index contributed by atoms with van der Waals surface area (Å²) in [5.74, 6) is 0.638. The highest BCUT2D eigenvalue weighted by atomic mass is 16.2. The van der Waals surface area contributed by atoms with Crippen LogP contribution < -0.4 is 0 Å². The molecule has 0 saturated carbocycles. The van der Waals surface area contributed by atoms with E-state index in [0.29, 0.717) is 18.9 Å². The van der Waals surface area contributed by atoms with Gasteiger partial charge in [0.25, 0.3) is 0 Å². The highest BCUT2D eigenvalue weighted by Gasteiger charge is 2.26. The molecule has 0 unspecified atom stereocenters. The molecule has 0 bridgehead atoms. The van der Waals surface area contributed by atoms with Crippen molar-refractivity contribution in [3.8, 4) is 0 Å². The summed E-state index contributed by atoms with van der Waals surface area (Å²) in [5, 5.41) is 0. The van der Waals surface area contributed by atoms with Crippen molar-refractivity contribution < 1.29 is 4.79 Å². The molecule has 2 heteroatoms. The maximum atomic E-state index is 12.3. The Hall–Kier alpha value is -1.31. The Morgan fingerprint density at radius 3 is 2.17 bits per heavy atom. The molecule has 18 heavy (non-hydrogen) atoms. The number of rotatable bonds is 4. The first kappa shape index (κ1) is 14.7. The summed E-state index contributed by atoms with van der Waals surface area (Å²) in [6.07, 6.45) is 0.615. The van der Waals surface area contributed by atoms with Crippen LogP contribution >= 0.6 is 0 Å². The molecular weight excluding hydrogens is 222 g/mol. The lowest BCUT2D eigenvalue weighted by molar-refractivity contribution is -0.137. The highest BCUT2D eigenvalue weighted by molar-refractivity contribution is 5.77. The van der Waals surface area contributed by atoms with Crippen LogP contribution in [0.3, 0.4) is 0 Å². The summed E-state index contributed by atoms with van der Waals surface area (Å²) in [6, 6.07) is 10.2. The van der Waals surface area contributed by atoms with Gasteiger partial charge in [-0.3, -0.25) is 4.79 Å². The van der Waals surface area contributed by atoms with Gasteiger partial charge in [-0.25, -0.2) is 0 Å². The van der Waals surface area contributed by atoms with Gasteiger partial charge in [0.2, 0.25) is 5.91 Å². The minimum absolute atomic E-state index is 0.137. The van der Waals surface area contributed by atoms with Crippen LogP contribution in [0.15, 0.2) is 30.3 Å². The number of hydrogen-bond acceptors (Lipinski definition) is 1. The van der Waals surface area contributed by atoms with Crippen molar-refractivity contribution in [1.29, 1.82) is 0 Å². The summed E-state index contributed by atoms with van der Waals surface area (Å²) in [4.78, 5) is 14.3. The lowest BCUT2D eigenvalue weighted by Gasteiger charge is -2.36. The Balaban J connectivity index is 2.83.